The summed E-state index contributed by atoms with van der Waals surface area (Å²) in [6, 6.07) is 14.8. The first-order valence-corrected chi connectivity index (χ1v) is 13.4. The van der Waals surface area contributed by atoms with Crippen LogP contribution in [0.15, 0.2) is 60.8 Å². The van der Waals surface area contributed by atoms with E-state index < -0.39 is 41.1 Å². The van der Waals surface area contributed by atoms with Crippen molar-refractivity contribution in [3.63, 3.8) is 0 Å². The molecule has 1 saturated heterocycles. The lowest BCUT2D eigenvalue weighted by atomic mass is 9.64. The first-order valence-electron chi connectivity index (χ1n) is 12.6. The quantitative estimate of drug-likeness (QED) is 0.332. The minimum absolute atomic E-state index is 0.120. The second-order valence-corrected chi connectivity index (χ2v) is 11.8. The van der Waals surface area contributed by atoms with Crippen molar-refractivity contribution in [3.8, 4) is 6.07 Å². The summed E-state index contributed by atoms with van der Waals surface area (Å²) in [5.74, 6) is -2.71. The van der Waals surface area contributed by atoms with Gasteiger partial charge in [-0.2, -0.15) is 5.26 Å². The van der Waals surface area contributed by atoms with Gasteiger partial charge in [-0.25, -0.2) is 9.18 Å². The van der Waals surface area contributed by atoms with Crippen LogP contribution in [-0.2, 0) is 14.9 Å². The van der Waals surface area contributed by atoms with Crippen LogP contribution in [0.5, 0.6) is 0 Å². The van der Waals surface area contributed by atoms with Gasteiger partial charge in [0.1, 0.15) is 11.2 Å². The van der Waals surface area contributed by atoms with Crippen LogP contribution in [0.2, 0.25) is 10.0 Å². The van der Waals surface area contributed by atoms with Crippen LogP contribution in [-0.4, -0.2) is 36.1 Å². The molecule has 40 heavy (non-hydrogen) atoms. The summed E-state index contributed by atoms with van der Waals surface area (Å²) in [5, 5.41) is 17.4. The summed E-state index contributed by atoms with van der Waals surface area (Å²) in [4.78, 5) is 30.2. The minimum atomic E-state index is -1.46. The third-order valence-corrected chi connectivity index (χ3v) is 7.60. The smallest absolute Gasteiger partial charge is 0.337 e. The van der Waals surface area contributed by atoms with Crippen molar-refractivity contribution in [1.82, 2.24) is 10.3 Å². The molecule has 0 saturated carbocycles. The lowest BCUT2D eigenvalue weighted by Gasteiger charge is -2.36. The first kappa shape index (κ1) is 29.5. The number of carbonyl (C=O) groups is 2. The summed E-state index contributed by atoms with van der Waals surface area (Å²) in [7, 11) is 1.28. The molecule has 1 aliphatic heterocycles. The monoisotopic (exact) mass is 582 g/mol. The second kappa shape index (κ2) is 11.5. The molecule has 10 heteroatoms. The lowest BCUT2D eigenvalue weighted by molar-refractivity contribution is -0.118. The number of amides is 1. The normalized spacial score (nSPS) is 22.4. The number of nitrogens with zero attached hydrogens (tertiary/aromatic N) is 2. The van der Waals surface area contributed by atoms with Gasteiger partial charge in [0, 0.05) is 23.8 Å². The van der Waals surface area contributed by atoms with E-state index in [1.165, 1.54) is 31.5 Å². The van der Waals surface area contributed by atoms with Gasteiger partial charge < -0.3 is 15.4 Å². The van der Waals surface area contributed by atoms with Gasteiger partial charge in [-0.1, -0.05) is 56.1 Å². The Labute approximate surface area is 242 Å². The average Bonchev–Trinajstić information content (AvgIpc) is 3.23. The molecule has 208 valence electrons. The standard InChI is InChI=1S/C30H29Cl2FN4O3/c1-29(2,3)14-23-30(16-34,22-13-10-18(31)15-35-22)24(20-6-5-7-21(32)25(20)33)26(37-23)27(38)36-19-11-8-17(9-12-19)28(39)40-4/h5-13,15,23-24,26,37H,14H2,1-4H3,(H,36,38)/t23-,24-,26+,30-/m0/s1. The van der Waals surface area contributed by atoms with Crippen molar-refractivity contribution < 1.29 is 18.7 Å². The number of halogens is 3. The Kier molecular flexibility index (Phi) is 8.50. The minimum Gasteiger partial charge on any atom is -0.465 e. The number of nitriles is 1. The molecule has 2 heterocycles. The number of hydrogen-bond acceptors (Lipinski definition) is 6. The van der Waals surface area contributed by atoms with E-state index in [0.29, 0.717) is 28.4 Å². The molecule has 1 aromatic heterocycles. The molecule has 1 fully saturated rings. The first-order chi connectivity index (χ1) is 18.9. The van der Waals surface area contributed by atoms with E-state index in [1.54, 1.807) is 36.4 Å². The third kappa shape index (κ3) is 5.68. The van der Waals surface area contributed by atoms with Gasteiger partial charge in [0.2, 0.25) is 5.91 Å². The Hall–Kier alpha value is -3.51. The Morgan fingerprint density at radius 1 is 1.15 bits per heavy atom. The summed E-state index contributed by atoms with van der Waals surface area (Å²) in [6.45, 7) is 6.08. The average molecular weight is 583 g/mol. The van der Waals surface area contributed by atoms with E-state index in [-0.39, 0.29) is 16.0 Å². The predicted molar refractivity (Wildman–Crippen MR) is 152 cm³/mol. The number of hydrogen-bond donors (Lipinski definition) is 2. The topological polar surface area (TPSA) is 104 Å². The Bertz CT molecular complexity index is 1450. The Morgan fingerprint density at radius 3 is 2.42 bits per heavy atom. The molecule has 2 N–H and O–H groups in total. The number of anilines is 1. The summed E-state index contributed by atoms with van der Waals surface area (Å²) >= 11 is 12.3. The molecular formula is C30H29Cl2FN4O3. The molecule has 0 bridgehead atoms. The molecule has 4 atom stereocenters. The number of esters is 1. The van der Waals surface area contributed by atoms with Crippen LogP contribution in [0.1, 0.15) is 54.7 Å². The largest absolute Gasteiger partial charge is 0.465 e. The highest BCUT2D eigenvalue weighted by Gasteiger charge is 2.61. The van der Waals surface area contributed by atoms with Crippen molar-refractivity contribution in [3.05, 3.63) is 93.5 Å². The molecule has 7 nitrogen and oxygen atoms in total. The van der Waals surface area contributed by atoms with Crippen LogP contribution < -0.4 is 10.6 Å². The molecule has 0 spiro atoms. The van der Waals surface area contributed by atoms with Gasteiger partial charge in [0.05, 0.1) is 40.5 Å². The number of nitrogens with one attached hydrogen (secondary N) is 2. The van der Waals surface area contributed by atoms with Gasteiger partial charge in [-0.05, 0) is 59.9 Å². The van der Waals surface area contributed by atoms with E-state index in [0.717, 1.165) is 0 Å². The highest BCUT2D eigenvalue weighted by Crippen LogP contribution is 2.51. The number of benzene rings is 2. The highest BCUT2D eigenvalue weighted by atomic mass is 35.5. The van der Waals surface area contributed by atoms with E-state index >= 15 is 4.39 Å². The molecule has 2 aromatic carbocycles. The third-order valence-electron chi connectivity index (χ3n) is 7.08. The summed E-state index contributed by atoms with van der Waals surface area (Å²) < 4.78 is 20.4. The van der Waals surface area contributed by atoms with Crippen LogP contribution >= 0.6 is 23.2 Å². The van der Waals surface area contributed by atoms with Gasteiger partial charge >= 0.3 is 5.97 Å². The van der Waals surface area contributed by atoms with Crippen LogP contribution in [0, 0.1) is 22.6 Å². The van der Waals surface area contributed by atoms with Gasteiger partial charge in [-0.3, -0.25) is 9.78 Å². The zero-order chi connectivity index (χ0) is 29.2. The fourth-order valence-corrected chi connectivity index (χ4v) is 5.65. The van der Waals surface area contributed by atoms with Gasteiger partial charge in [0.25, 0.3) is 0 Å². The maximum absolute atomic E-state index is 15.7. The molecule has 0 aliphatic carbocycles. The highest BCUT2D eigenvalue weighted by molar-refractivity contribution is 6.31. The summed E-state index contributed by atoms with van der Waals surface area (Å²) in [5.41, 5.74) is -0.505. The van der Waals surface area contributed by atoms with Crippen molar-refractivity contribution >= 4 is 40.8 Å². The maximum Gasteiger partial charge on any atom is 0.337 e. The molecule has 3 aromatic rings. The molecule has 0 unspecified atom stereocenters. The maximum atomic E-state index is 15.7. The number of pyridine rings is 1. The predicted octanol–water partition coefficient (Wildman–Crippen LogP) is 6.27. The van der Waals surface area contributed by atoms with Crippen molar-refractivity contribution in [2.24, 2.45) is 5.41 Å². The molecule has 4 rings (SSSR count). The van der Waals surface area contributed by atoms with Gasteiger partial charge in [-0.15, -0.1) is 0 Å². The fourth-order valence-electron chi connectivity index (χ4n) is 5.36. The molecule has 1 amide bonds. The summed E-state index contributed by atoms with van der Waals surface area (Å²) in [6.07, 6.45) is 1.91. The molecular weight excluding hydrogens is 554 g/mol. The number of ether oxygens (including phenoxy) is 1. The lowest BCUT2D eigenvalue weighted by Crippen LogP contribution is -2.44. The second-order valence-electron chi connectivity index (χ2n) is 11.0. The van der Waals surface area contributed by atoms with E-state index in [1.807, 2.05) is 20.8 Å². The number of rotatable bonds is 6. The van der Waals surface area contributed by atoms with Crippen LogP contribution in [0.25, 0.3) is 0 Å². The van der Waals surface area contributed by atoms with E-state index in [2.05, 4.69) is 21.7 Å². The molecule has 0 radical (unpaired) electrons. The number of carbonyl (C=O) groups excluding carboxylic acids is 2. The fraction of sp³-hybridized carbons (Fsp3) is 0.333. The zero-order valence-electron chi connectivity index (χ0n) is 22.5. The van der Waals surface area contributed by atoms with E-state index in [4.69, 9.17) is 27.9 Å². The number of aromatic nitrogens is 1. The van der Waals surface area contributed by atoms with Crippen LogP contribution in [0.3, 0.4) is 0 Å². The zero-order valence-corrected chi connectivity index (χ0v) is 24.0. The van der Waals surface area contributed by atoms with Crippen LogP contribution in [0.4, 0.5) is 10.1 Å². The SMILES string of the molecule is COC(=O)c1ccc(NC(=O)[C@@H]2N[C@@H](CC(C)(C)C)[C@](C#N)(c3ccc(Cl)cn3)[C@H]2c2cccc(Cl)c2F)cc1. The van der Waals surface area contributed by atoms with Crippen molar-refractivity contribution in [1.29, 1.82) is 5.26 Å². The van der Waals surface area contributed by atoms with Crippen molar-refractivity contribution in [2.75, 3.05) is 12.4 Å². The number of methoxy groups -OCH3 is 1. The van der Waals surface area contributed by atoms with Crippen molar-refractivity contribution in [2.45, 2.75) is 50.6 Å². The Balaban J connectivity index is 1.86. The Morgan fingerprint density at radius 2 is 1.85 bits per heavy atom. The van der Waals surface area contributed by atoms with E-state index in [9.17, 15) is 14.9 Å². The van der Waals surface area contributed by atoms with Gasteiger partial charge in [0.15, 0.2) is 0 Å². The molecule has 1 aliphatic rings.